The lowest BCUT2D eigenvalue weighted by molar-refractivity contribution is 0.148. The van der Waals surface area contributed by atoms with Crippen molar-refractivity contribution < 1.29 is 0 Å². The van der Waals surface area contributed by atoms with Crippen molar-refractivity contribution in [1.29, 1.82) is 0 Å². The molecule has 0 aliphatic heterocycles. The van der Waals surface area contributed by atoms with Crippen LogP contribution in [0.2, 0.25) is 0 Å². The first-order chi connectivity index (χ1) is 6.17. The summed E-state index contributed by atoms with van der Waals surface area (Å²) in [6.45, 7) is 9.51. The molecular weight excluding hydrogens is 156 g/mol. The molecule has 0 aromatic heterocycles. The van der Waals surface area contributed by atoms with Crippen LogP contribution in [0.15, 0.2) is 0 Å². The highest BCUT2D eigenvalue weighted by Crippen LogP contribution is 2.40. The van der Waals surface area contributed by atoms with Crippen LogP contribution in [0.25, 0.3) is 0 Å². The Morgan fingerprint density at radius 2 is 1.77 bits per heavy atom. The van der Waals surface area contributed by atoms with E-state index in [2.05, 4.69) is 27.7 Å². The minimum Gasteiger partial charge on any atom is -0.0651 e. The van der Waals surface area contributed by atoms with Gasteiger partial charge in [0.1, 0.15) is 0 Å². The molecule has 0 aromatic rings. The van der Waals surface area contributed by atoms with Crippen LogP contribution in [0.4, 0.5) is 0 Å². The van der Waals surface area contributed by atoms with Crippen molar-refractivity contribution in [3.05, 3.63) is 0 Å². The summed E-state index contributed by atoms with van der Waals surface area (Å²) in [5.41, 5.74) is 0. The van der Waals surface area contributed by atoms with Crippen molar-refractivity contribution in [2.75, 3.05) is 0 Å². The van der Waals surface area contributed by atoms with Crippen LogP contribution >= 0.6 is 0 Å². The van der Waals surface area contributed by atoms with Crippen molar-refractivity contribution >= 4 is 0 Å². The maximum absolute atomic E-state index is 2.43. The second-order valence-electron chi connectivity index (χ2n) is 5.23. The Hall–Kier alpha value is 0. The molecule has 2 unspecified atom stereocenters. The Bertz CT molecular complexity index is 133. The van der Waals surface area contributed by atoms with Gasteiger partial charge in [-0.15, -0.1) is 0 Å². The fourth-order valence-electron chi connectivity index (χ4n) is 2.82. The molecule has 0 radical (unpaired) electrons. The van der Waals surface area contributed by atoms with Crippen LogP contribution in [0.1, 0.15) is 59.8 Å². The van der Waals surface area contributed by atoms with E-state index in [1.54, 1.807) is 0 Å². The Labute approximate surface area is 84.1 Å². The van der Waals surface area contributed by atoms with Crippen LogP contribution in [-0.2, 0) is 0 Å². The smallest absolute Gasteiger partial charge is 0.0389 e. The van der Waals surface area contributed by atoms with Gasteiger partial charge in [-0.3, -0.25) is 0 Å². The Kier molecular flexibility index (Phi) is 4.28. The second-order valence-corrected chi connectivity index (χ2v) is 5.23. The van der Waals surface area contributed by atoms with Gasteiger partial charge < -0.3 is 0 Å². The van der Waals surface area contributed by atoms with Crippen molar-refractivity contribution in [2.45, 2.75) is 59.8 Å². The largest absolute Gasteiger partial charge is 0.0651 e. The van der Waals surface area contributed by atoms with E-state index in [1.807, 2.05) is 0 Å². The van der Waals surface area contributed by atoms with E-state index in [0.717, 1.165) is 23.7 Å². The first-order valence-corrected chi connectivity index (χ1v) is 6.17. The lowest BCUT2D eigenvalue weighted by Gasteiger charge is -2.36. The molecule has 13 heavy (non-hydrogen) atoms. The summed E-state index contributed by atoms with van der Waals surface area (Å²) in [7, 11) is 0. The SMILES string of the molecule is CCC(C)C(CC)CC1CC(C)C1. The monoisotopic (exact) mass is 182 g/mol. The minimum absolute atomic E-state index is 0.945. The molecule has 0 amide bonds. The summed E-state index contributed by atoms with van der Waals surface area (Å²) < 4.78 is 0. The molecule has 0 bridgehead atoms. The van der Waals surface area contributed by atoms with Gasteiger partial charge in [0.15, 0.2) is 0 Å². The van der Waals surface area contributed by atoms with E-state index in [9.17, 15) is 0 Å². The summed E-state index contributed by atoms with van der Waals surface area (Å²) >= 11 is 0. The maximum atomic E-state index is 2.43. The van der Waals surface area contributed by atoms with Crippen LogP contribution < -0.4 is 0 Å². The molecular formula is C13H26. The van der Waals surface area contributed by atoms with Gasteiger partial charge >= 0.3 is 0 Å². The van der Waals surface area contributed by atoms with Crippen LogP contribution in [0.3, 0.4) is 0 Å². The Balaban J connectivity index is 2.23. The zero-order chi connectivity index (χ0) is 9.84. The highest BCUT2D eigenvalue weighted by molar-refractivity contribution is 4.79. The van der Waals surface area contributed by atoms with Crippen molar-refractivity contribution in [2.24, 2.45) is 23.7 Å². The van der Waals surface area contributed by atoms with E-state index in [-0.39, 0.29) is 0 Å². The summed E-state index contributed by atoms with van der Waals surface area (Å²) in [6.07, 6.45) is 7.27. The van der Waals surface area contributed by atoms with Gasteiger partial charge in [-0.2, -0.15) is 0 Å². The fraction of sp³-hybridized carbons (Fsp3) is 1.00. The third kappa shape index (κ3) is 3.00. The predicted molar refractivity (Wildman–Crippen MR) is 59.7 cm³/mol. The third-order valence-electron chi connectivity index (χ3n) is 4.08. The van der Waals surface area contributed by atoms with Gasteiger partial charge in [-0.05, 0) is 42.9 Å². The minimum atomic E-state index is 0.945. The number of hydrogen-bond donors (Lipinski definition) is 0. The molecule has 0 heterocycles. The van der Waals surface area contributed by atoms with Gasteiger partial charge in [0.2, 0.25) is 0 Å². The molecule has 0 nitrogen and oxygen atoms in total. The summed E-state index contributed by atoms with van der Waals surface area (Å²) in [5.74, 6) is 4.05. The summed E-state index contributed by atoms with van der Waals surface area (Å²) in [5, 5.41) is 0. The lowest BCUT2D eigenvalue weighted by atomic mass is 9.69. The number of hydrogen-bond acceptors (Lipinski definition) is 0. The van der Waals surface area contributed by atoms with Gasteiger partial charge in [0.05, 0.1) is 0 Å². The fourth-order valence-corrected chi connectivity index (χ4v) is 2.82. The van der Waals surface area contributed by atoms with Gasteiger partial charge in [-0.1, -0.05) is 40.5 Å². The normalized spacial score (nSPS) is 32.3. The van der Waals surface area contributed by atoms with Crippen molar-refractivity contribution in [3.8, 4) is 0 Å². The molecule has 0 N–H and O–H groups in total. The molecule has 2 atom stereocenters. The van der Waals surface area contributed by atoms with E-state index in [4.69, 9.17) is 0 Å². The molecule has 1 aliphatic rings. The van der Waals surface area contributed by atoms with E-state index >= 15 is 0 Å². The molecule has 0 spiro atoms. The van der Waals surface area contributed by atoms with E-state index in [0.29, 0.717) is 0 Å². The molecule has 1 rings (SSSR count). The Morgan fingerprint density at radius 3 is 2.15 bits per heavy atom. The lowest BCUT2D eigenvalue weighted by Crippen LogP contribution is -2.25. The van der Waals surface area contributed by atoms with Crippen molar-refractivity contribution in [1.82, 2.24) is 0 Å². The summed E-state index contributed by atoms with van der Waals surface area (Å²) in [4.78, 5) is 0. The van der Waals surface area contributed by atoms with E-state index in [1.165, 1.54) is 32.1 Å². The first-order valence-electron chi connectivity index (χ1n) is 6.17. The molecule has 0 heteroatoms. The molecule has 1 aliphatic carbocycles. The topological polar surface area (TPSA) is 0 Å². The maximum Gasteiger partial charge on any atom is -0.0389 e. The van der Waals surface area contributed by atoms with Gasteiger partial charge in [-0.25, -0.2) is 0 Å². The quantitative estimate of drug-likeness (QED) is 0.587. The van der Waals surface area contributed by atoms with Crippen LogP contribution in [0.5, 0.6) is 0 Å². The first kappa shape index (κ1) is 11.1. The molecule has 1 saturated carbocycles. The molecule has 0 saturated heterocycles. The molecule has 0 aromatic carbocycles. The third-order valence-corrected chi connectivity index (χ3v) is 4.08. The summed E-state index contributed by atoms with van der Waals surface area (Å²) in [6, 6.07) is 0. The average Bonchev–Trinajstić information content (AvgIpc) is 2.09. The van der Waals surface area contributed by atoms with E-state index < -0.39 is 0 Å². The zero-order valence-electron chi connectivity index (χ0n) is 9.84. The number of rotatable bonds is 5. The van der Waals surface area contributed by atoms with Crippen LogP contribution in [0, 0.1) is 23.7 Å². The van der Waals surface area contributed by atoms with Gasteiger partial charge in [0, 0.05) is 0 Å². The van der Waals surface area contributed by atoms with Crippen molar-refractivity contribution in [3.63, 3.8) is 0 Å². The highest BCUT2D eigenvalue weighted by Gasteiger charge is 2.28. The zero-order valence-corrected chi connectivity index (χ0v) is 9.84. The van der Waals surface area contributed by atoms with Gasteiger partial charge in [0.25, 0.3) is 0 Å². The average molecular weight is 182 g/mol. The second kappa shape index (κ2) is 5.02. The molecule has 1 fully saturated rings. The Morgan fingerprint density at radius 1 is 1.15 bits per heavy atom. The predicted octanol–water partition coefficient (Wildman–Crippen LogP) is 4.49. The molecule has 78 valence electrons. The standard InChI is InChI=1S/C13H26/c1-5-11(4)13(6-2)9-12-7-10(3)8-12/h10-13H,5-9H2,1-4H3. The van der Waals surface area contributed by atoms with Crippen LogP contribution in [-0.4, -0.2) is 0 Å². The highest BCUT2D eigenvalue weighted by atomic mass is 14.3.